The first kappa shape index (κ1) is 16.4. The Morgan fingerprint density at radius 3 is 2.65 bits per heavy atom. The highest BCUT2D eigenvalue weighted by molar-refractivity contribution is 7.81. The zero-order chi connectivity index (χ0) is 14.8. The fourth-order valence-corrected chi connectivity index (χ4v) is 1.79. The fourth-order valence-electron chi connectivity index (χ4n) is 1.68. The van der Waals surface area contributed by atoms with Crippen molar-refractivity contribution in [1.82, 2.24) is 5.32 Å². The smallest absolute Gasteiger partial charge is 0.229 e. The largest absolute Gasteiger partial charge is 0.508 e. The number of hydrogen-bond acceptors (Lipinski definition) is 4. The molecule has 0 heterocycles. The van der Waals surface area contributed by atoms with E-state index >= 15 is 0 Å². The molecular formula is C14H20N2O3S. The summed E-state index contributed by atoms with van der Waals surface area (Å²) in [7, 11) is 0. The fraction of sp³-hybridized carbons (Fsp3) is 0.429. The zero-order valence-corrected chi connectivity index (χ0v) is 12.2. The van der Waals surface area contributed by atoms with Crippen LogP contribution in [-0.2, 0) is 9.59 Å². The van der Waals surface area contributed by atoms with Gasteiger partial charge < -0.3 is 15.7 Å². The van der Waals surface area contributed by atoms with Gasteiger partial charge in [-0.05, 0) is 25.0 Å². The third-order valence-corrected chi connectivity index (χ3v) is 2.96. The molecule has 0 unspecified atom stereocenters. The second kappa shape index (κ2) is 9.25. The van der Waals surface area contributed by atoms with E-state index in [1.807, 2.05) is 0 Å². The molecule has 0 aliphatic carbocycles. The second-order valence-electron chi connectivity index (χ2n) is 4.42. The van der Waals surface area contributed by atoms with Crippen LogP contribution in [0.4, 0.5) is 5.69 Å². The van der Waals surface area contributed by atoms with E-state index in [1.165, 1.54) is 6.07 Å². The van der Waals surface area contributed by atoms with Crippen LogP contribution >= 0.6 is 12.6 Å². The molecule has 1 aromatic rings. The number of benzene rings is 1. The molecule has 0 saturated carbocycles. The number of carbonyl (C=O) groups excluding carboxylic acids is 2. The summed E-state index contributed by atoms with van der Waals surface area (Å²) >= 11 is 3.86. The first-order chi connectivity index (χ1) is 9.61. The topological polar surface area (TPSA) is 78.4 Å². The Morgan fingerprint density at radius 1 is 1.15 bits per heavy atom. The number of hydrogen-bond donors (Lipinski definition) is 4. The van der Waals surface area contributed by atoms with Gasteiger partial charge in [0.1, 0.15) is 5.75 Å². The van der Waals surface area contributed by atoms with Crippen molar-refractivity contribution in [3.63, 3.8) is 0 Å². The first-order valence-electron chi connectivity index (χ1n) is 6.58. The minimum Gasteiger partial charge on any atom is -0.508 e. The van der Waals surface area contributed by atoms with Crippen LogP contribution in [0, 0.1) is 0 Å². The van der Waals surface area contributed by atoms with Crippen LogP contribution in [0.25, 0.3) is 0 Å². The molecule has 0 saturated heterocycles. The van der Waals surface area contributed by atoms with Gasteiger partial charge in [0.05, 0.1) is 5.75 Å². The molecule has 0 fully saturated rings. The molecule has 0 radical (unpaired) electrons. The van der Waals surface area contributed by atoms with Crippen molar-refractivity contribution < 1.29 is 14.7 Å². The van der Waals surface area contributed by atoms with Crippen molar-refractivity contribution in [2.24, 2.45) is 0 Å². The van der Waals surface area contributed by atoms with E-state index in [0.717, 1.165) is 19.3 Å². The standard InChI is InChI=1S/C14H20N2O3S/c17-12-6-4-5-11(9-12)16-13(18)7-2-1-3-8-15-14(19)10-20/h4-6,9,17,20H,1-3,7-8,10H2,(H,15,19)(H,16,18). The Labute approximate surface area is 124 Å². The lowest BCUT2D eigenvalue weighted by atomic mass is 10.2. The van der Waals surface area contributed by atoms with Gasteiger partial charge in [-0.15, -0.1) is 0 Å². The van der Waals surface area contributed by atoms with Crippen molar-refractivity contribution in [1.29, 1.82) is 0 Å². The molecule has 0 bridgehead atoms. The summed E-state index contributed by atoms with van der Waals surface area (Å²) in [6.45, 7) is 0.619. The highest BCUT2D eigenvalue weighted by Gasteiger charge is 2.03. The number of carbonyl (C=O) groups is 2. The quantitative estimate of drug-likeness (QED) is 0.437. The average Bonchev–Trinajstić information content (AvgIpc) is 2.42. The van der Waals surface area contributed by atoms with Gasteiger partial charge in [-0.25, -0.2) is 0 Å². The summed E-state index contributed by atoms with van der Waals surface area (Å²) in [4.78, 5) is 22.5. The predicted molar refractivity (Wildman–Crippen MR) is 82.1 cm³/mol. The summed E-state index contributed by atoms with van der Waals surface area (Å²) < 4.78 is 0. The Morgan fingerprint density at radius 2 is 1.95 bits per heavy atom. The van der Waals surface area contributed by atoms with Gasteiger partial charge in [-0.3, -0.25) is 9.59 Å². The van der Waals surface area contributed by atoms with Crippen LogP contribution in [0.15, 0.2) is 24.3 Å². The van der Waals surface area contributed by atoms with E-state index in [1.54, 1.807) is 18.2 Å². The van der Waals surface area contributed by atoms with Gasteiger partial charge in [-0.2, -0.15) is 12.6 Å². The van der Waals surface area contributed by atoms with Crippen molar-refractivity contribution in [2.75, 3.05) is 17.6 Å². The number of thiol groups is 1. The number of aromatic hydroxyl groups is 1. The molecule has 0 atom stereocenters. The second-order valence-corrected chi connectivity index (χ2v) is 4.73. The highest BCUT2D eigenvalue weighted by atomic mass is 32.1. The Balaban J connectivity index is 2.10. The summed E-state index contributed by atoms with van der Waals surface area (Å²) in [5, 5.41) is 14.7. The van der Waals surface area contributed by atoms with Gasteiger partial charge in [0.15, 0.2) is 0 Å². The maximum atomic E-state index is 11.6. The van der Waals surface area contributed by atoms with Crippen LogP contribution in [0.1, 0.15) is 25.7 Å². The summed E-state index contributed by atoms with van der Waals surface area (Å²) in [6.07, 6.45) is 2.91. The van der Waals surface area contributed by atoms with Crippen molar-refractivity contribution in [3.8, 4) is 5.75 Å². The molecule has 0 aromatic heterocycles. The van der Waals surface area contributed by atoms with Gasteiger partial charge in [0.2, 0.25) is 11.8 Å². The molecule has 5 nitrogen and oxygen atoms in total. The summed E-state index contributed by atoms with van der Waals surface area (Å²) in [5.41, 5.74) is 0.594. The number of rotatable bonds is 8. The van der Waals surface area contributed by atoms with E-state index in [-0.39, 0.29) is 23.3 Å². The Kier molecular flexibility index (Phi) is 7.57. The molecule has 6 heteroatoms. The number of anilines is 1. The summed E-state index contributed by atoms with van der Waals surface area (Å²) in [6, 6.07) is 6.46. The monoisotopic (exact) mass is 296 g/mol. The molecule has 0 aliphatic rings. The van der Waals surface area contributed by atoms with Crippen LogP contribution in [-0.4, -0.2) is 29.2 Å². The van der Waals surface area contributed by atoms with Crippen molar-refractivity contribution >= 4 is 30.1 Å². The average molecular weight is 296 g/mol. The minimum absolute atomic E-state index is 0.0741. The molecule has 3 N–H and O–H groups in total. The number of phenolic OH excluding ortho intramolecular Hbond substituents is 1. The molecule has 0 aliphatic heterocycles. The van der Waals surface area contributed by atoms with Crippen LogP contribution in [0.5, 0.6) is 5.75 Å². The normalized spacial score (nSPS) is 10.1. The number of nitrogens with one attached hydrogen (secondary N) is 2. The SMILES string of the molecule is O=C(CS)NCCCCCC(=O)Nc1cccc(O)c1. The number of unbranched alkanes of at least 4 members (excludes halogenated alkanes) is 2. The molecule has 20 heavy (non-hydrogen) atoms. The zero-order valence-electron chi connectivity index (χ0n) is 11.3. The highest BCUT2D eigenvalue weighted by Crippen LogP contribution is 2.15. The Hall–Kier alpha value is -1.69. The lowest BCUT2D eigenvalue weighted by Crippen LogP contribution is -2.25. The first-order valence-corrected chi connectivity index (χ1v) is 7.21. The van der Waals surface area contributed by atoms with E-state index < -0.39 is 0 Å². The third kappa shape index (κ3) is 7.04. The lowest BCUT2D eigenvalue weighted by Gasteiger charge is -2.06. The molecule has 110 valence electrons. The van der Waals surface area contributed by atoms with E-state index in [0.29, 0.717) is 18.7 Å². The van der Waals surface area contributed by atoms with Crippen molar-refractivity contribution in [3.05, 3.63) is 24.3 Å². The van der Waals surface area contributed by atoms with Gasteiger partial charge in [0, 0.05) is 24.7 Å². The maximum Gasteiger partial charge on any atom is 0.229 e. The maximum absolute atomic E-state index is 11.6. The van der Waals surface area contributed by atoms with E-state index in [2.05, 4.69) is 23.3 Å². The van der Waals surface area contributed by atoms with Crippen LogP contribution < -0.4 is 10.6 Å². The van der Waals surface area contributed by atoms with Crippen LogP contribution in [0.3, 0.4) is 0 Å². The number of amides is 2. The molecule has 1 aromatic carbocycles. The molecule has 0 spiro atoms. The Bertz CT molecular complexity index is 452. The van der Waals surface area contributed by atoms with Crippen molar-refractivity contribution in [2.45, 2.75) is 25.7 Å². The lowest BCUT2D eigenvalue weighted by molar-refractivity contribution is -0.118. The number of phenols is 1. The van der Waals surface area contributed by atoms with Gasteiger partial charge >= 0.3 is 0 Å². The van der Waals surface area contributed by atoms with Gasteiger partial charge in [0.25, 0.3) is 0 Å². The van der Waals surface area contributed by atoms with Crippen LogP contribution in [0.2, 0.25) is 0 Å². The molecular weight excluding hydrogens is 276 g/mol. The van der Waals surface area contributed by atoms with E-state index in [4.69, 9.17) is 0 Å². The summed E-state index contributed by atoms with van der Waals surface area (Å²) in [5.74, 6) is 0.180. The third-order valence-electron chi connectivity index (χ3n) is 2.68. The van der Waals surface area contributed by atoms with E-state index in [9.17, 15) is 14.7 Å². The molecule has 2 amide bonds. The van der Waals surface area contributed by atoms with Gasteiger partial charge in [-0.1, -0.05) is 12.5 Å². The predicted octanol–water partition coefficient (Wildman–Crippen LogP) is 1.94. The minimum atomic E-state index is -0.0741. The molecule has 1 rings (SSSR count).